The Hall–Kier alpha value is -6.80. The van der Waals surface area contributed by atoms with Gasteiger partial charge in [-0.15, -0.1) is 5.10 Å². The number of nitrogens with one attached hydrogen (secondary N) is 4. The van der Waals surface area contributed by atoms with Crippen LogP contribution in [-0.2, 0) is 102 Å². The summed E-state index contributed by atoms with van der Waals surface area (Å²) in [7, 11) is 4.05. The van der Waals surface area contributed by atoms with Gasteiger partial charge in [0, 0.05) is 97.0 Å². The summed E-state index contributed by atoms with van der Waals surface area (Å²) < 4.78 is 158. The van der Waals surface area contributed by atoms with Crippen LogP contribution >= 0.6 is 0 Å². The van der Waals surface area contributed by atoms with Crippen LogP contribution in [0.15, 0.2) is 30.0 Å². The fourth-order valence-electron chi connectivity index (χ4n) is 13.7. The van der Waals surface area contributed by atoms with Crippen LogP contribution in [0, 0.1) is 35.0 Å². The molecule has 3 saturated heterocycles. The van der Waals surface area contributed by atoms with Crippen LogP contribution in [-0.4, -0.2) is 360 Å². The summed E-state index contributed by atoms with van der Waals surface area (Å²) in [6.45, 7) is 3.46. The standard InChI is InChI=1S/C78H132F5N13O29/c1-5-53-68(104)71(107)65(75(110-2)122-53)94(86)40-50(84)46-120-36-33-117-30-27-114-24-21-89-56(100)16-18-78(91-58(102)14-12-10-8-6-7-9-11-13-15-59(103)125-74-63(82)61(80)60(79)62(81)64(74)83,19-17-57(101)90-22-25-115-28-31-118-34-37-121-48-52-42-96(93-92-52)67-73(109)70(106)55(45-99)124-77(67)112-4)38-49(43-97)39-88-20-23-113-26-29-116-32-35-119-47-51(85)41-95(87)66-72(108)69(105)54(44-98)123-76(66)111-3/h40-43,49,53-55,65-73,75-77,88,98-99,104-109H,5-39,44-48,84-87H2,1-4H3,(H,89,100)(H,90,101)(H,91,102)/b50-40-,51-41-/t49?,53-,54-,55-,65-,66-,67-,68+,69+,70+,71-,72-,73-,75-,76-,77-,78?/m1/s1. The number of carbonyl (C=O) groups is 5. The van der Waals surface area contributed by atoms with E-state index >= 15 is 0 Å². The lowest BCUT2D eigenvalue weighted by Crippen LogP contribution is -2.65. The van der Waals surface area contributed by atoms with Crippen LogP contribution in [0.5, 0.6) is 5.75 Å². The van der Waals surface area contributed by atoms with E-state index in [1.54, 1.807) is 6.92 Å². The molecule has 5 rings (SSSR count). The average Bonchev–Trinajstić information content (AvgIpc) is 1.28. The summed E-state index contributed by atoms with van der Waals surface area (Å²) in [5.41, 5.74) is 11.7. The number of ether oxygens (including phenoxy) is 16. The fraction of sp³-hybridized carbons (Fsp3) is 0.782. The second kappa shape index (κ2) is 60.9. The SMILES string of the molecule is CC[C@H]1O[C@@H](OC)[C@H](N(N)/C=C(\N)COCCOCCOCCNC(=O)CCC(CCC(=O)NCCOCCOCCOCc2cn([C@H]3[C@H](OC)O[C@H](CO)[C@H](O)[C@@H]3O)nn2)(CC(C=O)CNCCOCCOCCOC/C(N)=C/N(N)[C@H]2[C@H](OC)O[C@H](CO)[C@H](O)[C@@H]2O)NC(=O)CCCCCCCCCCC(=O)Oc2c(F)c(F)c(F)c(F)c2F)[C@@H](O)[C@H]1O. The highest BCUT2D eigenvalue weighted by Gasteiger charge is 2.49. The number of unbranched alkanes of at least 4 members (excludes halogenated alkanes) is 7. The molecule has 0 saturated carbocycles. The maximum atomic E-state index is 14.2. The largest absolute Gasteiger partial charge is 0.420 e. The summed E-state index contributed by atoms with van der Waals surface area (Å²) in [6, 6.07) is -3.01. The molecule has 4 heterocycles. The van der Waals surface area contributed by atoms with Crippen LogP contribution < -0.4 is 49.2 Å². The molecule has 17 atom stereocenters. The Bertz CT molecular complexity index is 3430. The van der Waals surface area contributed by atoms with Gasteiger partial charge >= 0.3 is 5.97 Å². The minimum atomic E-state index is -2.39. The summed E-state index contributed by atoms with van der Waals surface area (Å²) in [5, 5.41) is 105. The zero-order valence-electron chi connectivity index (χ0n) is 71.4. The van der Waals surface area contributed by atoms with Gasteiger partial charge in [-0.05, 0) is 38.5 Å². The van der Waals surface area contributed by atoms with Crippen molar-refractivity contribution in [2.75, 3.05) is 173 Å². The first-order valence-corrected chi connectivity index (χ1v) is 41.8. The van der Waals surface area contributed by atoms with E-state index in [9.17, 15) is 86.8 Å². The number of aliphatic hydroxyl groups is 8. The second-order valence-electron chi connectivity index (χ2n) is 29.9. The maximum absolute atomic E-state index is 14.2. The van der Waals surface area contributed by atoms with Crippen molar-refractivity contribution < 1.29 is 163 Å². The number of esters is 1. The van der Waals surface area contributed by atoms with Gasteiger partial charge < -0.3 is 164 Å². The first-order valence-electron chi connectivity index (χ1n) is 41.8. The summed E-state index contributed by atoms with van der Waals surface area (Å²) >= 11 is 0. The third-order valence-electron chi connectivity index (χ3n) is 20.5. The number of benzene rings is 1. The number of aldehydes is 1. The number of aliphatic hydroxyl groups excluding tert-OH is 8. The van der Waals surface area contributed by atoms with Crippen molar-refractivity contribution in [3.8, 4) is 5.75 Å². The van der Waals surface area contributed by atoms with Crippen molar-refractivity contribution in [3.63, 3.8) is 0 Å². The number of rotatable bonds is 68. The molecule has 0 bridgehead atoms. The number of hydrogen-bond donors (Lipinski definition) is 16. The van der Waals surface area contributed by atoms with E-state index in [4.69, 9.17) is 94.2 Å². The van der Waals surface area contributed by atoms with Crippen LogP contribution in [0.1, 0.15) is 121 Å². The Morgan fingerprint density at radius 3 is 1.40 bits per heavy atom. The molecule has 3 fully saturated rings. The molecule has 42 nitrogen and oxygen atoms in total. The molecule has 0 radical (unpaired) electrons. The minimum Gasteiger partial charge on any atom is -0.420 e. The fourth-order valence-corrected chi connectivity index (χ4v) is 13.7. The van der Waals surface area contributed by atoms with Crippen molar-refractivity contribution in [1.82, 2.24) is 46.3 Å². The van der Waals surface area contributed by atoms with Crippen LogP contribution in [0.2, 0.25) is 0 Å². The molecule has 1 aromatic heterocycles. The quantitative estimate of drug-likeness (QED) is 0.00374. The number of carbonyl (C=O) groups excluding carboxylic acids is 5. The Labute approximate surface area is 722 Å². The molecule has 47 heteroatoms. The number of halogens is 5. The third kappa shape index (κ3) is 38.0. The van der Waals surface area contributed by atoms with Gasteiger partial charge in [0.25, 0.3) is 0 Å². The highest BCUT2D eigenvalue weighted by atomic mass is 19.2. The Kier molecular flexibility index (Phi) is 53.0. The number of aromatic nitrogens is 3. The molecule has 0 aliphatic carbocycles. The van der Waals surface area contributed by atoms with Gasteiger partial charge in [0.2, 0.25) is 52.6 Å². The maximum Gasteiger partial charge on any atom is 0.311 e. The lowest BCUT2D eigenvalue weighted by molar-refractivity contribution is -0.277. The molecule has 2 unspecified atom stereocenters. The molecule has 1 aromatic carbocycles. The zero-order valence-corrected chi connectivity index (χ0v) is 71.4. The van der Waals surface area contributed by atoms with Gasteiger partial charge in [-0.1, -0.05) is 50.7 Å². The molecular formula is C78H132F5N13O29. The number of methoxy groups -OCH3 is 3. The van der Waals surface area contributed by atoms with Crippen LogP contribution in [0.3, 0.4) is 0 Å². The van der Waals surface area contributed by atoms with E-state index in [0.29, 0.717) is 50.6 Å². The molecule has 3 aliphatic rings. The van der Waals surface area contributed by atoms with E-state index in [0.717, 1.165) is 22.7 Å². The van der Waals surface area contributed by atoms with Gasteiger partial charge in [0.05, 0.1) is 156 Å². The lowest BCUT2D eigenvalue weighted by Gasteiger charge is -2.44. The number of nitrogens with zero attached hydrogens (tertiary/aromatic N) is 5. The number of hydrazine groups is 2. The summed E-state index contributed by atoms with van der Waals surface area (Å²) in [6.07, 6.45) is -5.04. The van der Waals surface area contributed by atoms with Crippen molar-refractivity contribution in [2.45, 2.75) is 214 Å². The van der Waals surface area contributed by atoms with Crippen molar-refractivity contribution in [1.29, 1.82) is 0 Å². The highest BCUT2D eigenvalue weighted by Crippen LogP contribution is 2.34. The minimum absolute atomic E-state index is 0.00633. The van der Waals surface area contributed by atoms with Crippen LogP contribution in [0.25, 0.3) is 0 Å². The summed E-state index contributed by atoms with van der Waals surface area (Å²) in [5.74, 6) is -3.95. The molecule has 3 aliphatic heterocycles. The molecular weight excluding hydrogens is 1680 g/mol. The first-order chi connectivity index (χ1) is 60.1. The van der Waals surface area contributed by atoms with Gasteiger partial charge in [-0.2, -0.15) is 8.78 Å². The molecule has 3 amide bonds. The topological polar surface area (TPSA) is 584 Å². The predicted molar refractivity (Wildman–Crippen MR) is 427 cm³/mol. The molecule has 718 valence electrons. The highest BCUT2D eigenvalue weighted by molar-refractivity contribution is 5.79. The normalized spacial score (nSPS) is 23.8. The second-order valence-corrected chi connectivity index (χ2v) is 29.9. The van der Waals surface area contributed by atoms with E-state index in [2.05, 4.69) is 36.3 Å². The van der Waals surface area contributed by atoms with Crippen molar-refractivity contribution in [2.24, 2.45) is 29.1 Å². The van der Waals surface area contributed by atoms with Gasteiger partial charge in [0.1, 0.15) is 78.9 Å². The Morgan fingerprint density at radius 1 is 0.528 bits per heavy atom. The van der Waals surface area contributed by atoms with E-state index in [1.807, 2.05) is 0 Å². The van der Waals surface area contributed by atoms with Crippen molar-refractivity contribution in [3.05, 3.63) is 64.8 Å². The Morgan fingerprint density at radius 2 is 0.936 bits per heavy atom. The lowest BCUT2D eigenvalue weighted by atomic mass is 9.79. The average molecular weight is 1810 g/mol. The van der Waals surface area contributed by atoms with E-state index in [1.165, 1.54) is 44.6 Å². The number of amides is 3. The smallest absolute Gasteiger partial charge is 0.311 e. The molecule has 2 aromatic rings. The third-order valence-corrected chi connectivity index (χ3v) is 20.5. The summed E-state index contributed by atoms with van der Waals surface area (Å²) in [4.78, 5) is 67.0. The van der Waals surface area contributed by atoms with Crippen molar-refractivity contribution >= 4 is 30.0 Å². The van der Waals surface area contributed by atoms with E-state index < -0.39 is 175 Å². The molecule has 20 N–H and O–H groups in total. The van der Waals surface area contributed by atoms with Gasteiger partial charge in [0.15, 0.2) is 18.9 Å². The van der Waals surface area contributed by atoms with Gasteiger partial charge in [-0.25, -0.2) is 29.5 Å². The predicted octanol–water partition coefficient (Wildman–Crippen LogP) is -2.52. The first kappa shape index (κ1) is 109. The zero-order chi connectivity index (χ0) is 91.6. The number of nitrogens with two attached hydrogens (primary N) is 4. The van der Waals surface area contributed by atoms with E-state index in [-0.39, 0.29) is 208 Å². The monoisotopic (exact) mass is 1810 g/mol. The number of hydrogen-bond acceptors (Lipinski definition) is 38. The van der Waals surface area contributed by atoms with Gasteiger partial charge in [-0.3, -0.25) is 19.2 Å². The van der Waals surface area contributed by atoms with Crippen LogP contribution in [0.4, 0.5) is 22.0 Å². The molecule has 0 spiro atoms. The Balaban J connectivity index is 1.13. The molecule has 125 heavy (non-hydrogen) atoms.